The van der Waals surface area contributed by atoms with E-state index in [4.69, 9.17) is 9.47 Å². The number of nitrogens with zero attached hydrogens (tertiary/aromatic N) is 1. The van der Waals surface area contributed by atoms with Gasteiger partial charge >= 0.3 is 12.2 Å². The lowest BCUT2D eigenvalue weighted by Crippen LogP contribution is -2.33. The van der Waals surface area contributed by atoms with Crippen molar-refractivity contribution in [1.29, 1.82) is 0 Å². The first-order chi connectivity index (χ1) is 12.7. The second kappa shape index (κ2) is 8.66. The van der Waals surface area contributed by atoms with Gasteiger partial charge in [0.05, 0.1) is 19.8 Å². The van der Waals surface area contributed by atoms with E-state index in [9.17, 15) is 18.0 Å². The van der Waals surface area contributed by atoms with Crippen LogP contribution in [0.3, 0.4) is 0 Å². The quantitative estimate of drug-likeness (QED) is 0.804. The van der Waals surface area contributed by atoms with Crippen molar-refractivity contribution in [2.24, 2.45) is 0 Å². The van der Waals surface area contributed by atoms with Crippen molar-refractivity contribution in [2.45, 2.75) is 12.6 Å². The minimum atomic E-state index is -4.46. The number of hydrogen-bond acceptors (Lipinski definition) is 3. The van der Waals surface area contributed by atoms with Crippen molar-refractivity contribution in [3.8, 4) is 11.5 Å². The number of likely N-dealkylation sites (N-methyl/N-ethyl adjacent to an activating group) is 1. The van der Waals surface area contributed by atoms with Crippen molar-refractivity contribution in [1.82, 2.24) is 4.90 Å². The van der Waals surface area contributed by atoms with Crippen molar-refractivity contribution < 1.29 is 27.4 Å². The van der Waals surface area contributed by atoms with Gasteiger partial charge in [-0.25, -0.2) is 4.79 Å². The van der Waals surface area contributed by atoms with Crippen LogP contribution in [0, 0.1) is 0 Å². The van der Waals surface area contributed by atoms with Crippen molar-refractivity contribution >= 4 is 11.7 Å². The van der Waals surface area contributed by atoms with Gasteiger partial charge in [-0.2, -0.15) is 13.2 Å². The molecule has 2 amide bonds. The number of carbonyl (C=O) groups is 1. The van der Waals surface area contributed by atoms with Crippen LogP contribution < -0.4 is 14.8 Å². The van der Waals surface area contributed by atoms with E-state index in [2.05, 4.69) is 5.32 Å². The third-order valence-corrected chi connectivity index (χ3v) is 3.97. The second-order valence-corrected chi connectivity index (χ2v) is 5.87. The number of nitrogens with one attached hydrogen (secondary N) is 1. The van der Waals surface area contributed by atoms with Gasteiger partial charge in [0, 0.05) is 19.3 Å². The van der Waals surface area contributed by atoms with Crippen LogP contribution in [0.15, 0.2) is 42.5 Å². The zero-order valence-electron chi connectivity index (χ0n) is 15.3. The van der Waals surface area contributed by atoms with E-state index in [1.807, 2.05) is 12.1 Å². The molecule has 2 aromatic rings. The average Bonchev–Trinajstić information content (AvgIpc) is 2.65. The third-order valence-electron chi connectivity index (χ3n) is 3.97. The number of methoxy groups -OCH3 is 2. The third kappa shape index (κ3) is 5.54. The molecular formula is C19H21F3N2O3. The minimum Gasteiger partial charge on any atom is -0.493 e. The van der Waals surface area contributed by atoms with E-state index in [0.29, 0.717) is 24.5 Å². The summed E-state index contributed by atoms with van der Waals surface area (Å²) in [7, 11) is 4.66. The van der Waals surface area contributed by atoms with Crippen LogP contribution in [0.25, 0.3) is 0 Å². The Morgan fingerprint density at radius 1 is 1.07 bits per heavy atom. The van der Waals surface area contributed by atoms with E-state index in [0.717, 1.165) is 17.7 Å². The van der Waals surface area contributed by atoms with Crippen molar-refractivity contribution in [3.63, 3.8) is 0 Å². The summed E-state index contributed by atoms with van der Waals surface area (Å²) >= 11 is 0. The molecule has 0 aliphatic rings. The number of urea groups is 1. The van der Waals surface area contributed by atoms with Crippen LogP contribution in [0.2, 0.25) is 0 Å². The molecule has 0 atom stereocenters. The molecular weight excluding hydrogens is 361 g/mol. The number of hydrogen-bond donors (Lipinski definition) is 1. The summed E-state index contributed by atoms with van der Waals surface area (Å²) in [6.07, 6.45) is -3.91. The molecule has 0 aliphatic carbocycles. The molecule has 0 fully saturated rings. The van der Waals surface area contributed by atoms with E-state index in [1.54, 1.807) is 20.2 Å². The van der Waals surface area contributed by atoms with Crippen LogP contribution in [-0.2, 0) is 12.6 Å². The SMILES string of the molecule is COc1ccc(CCN(C)C(=O)Nc2cccc(C(F)(F)F)c2)cc1OC. The monoisotopic (exact) mass is 382 g/mol. The molecule has 0 aromatic heterocycles. The van der Waals surface area contributed by atoms with E-state index >= 15 is 0 Å². The molecule has 27 heavy (non-hydrogen) atoms. The predicted molar refractivity (Wildman–Crippen MR) is 96.3 cm³/mol. The predicted octanol–water partition coefficient (Wildman–Crippen LogP) is 4.43. The Bertz CT molecular complexity index is 794. The molecule has 2 aromatic carbocycles. The Morgan fingerprint density at radius 3 is 2.41 bits per heavy atom. The summed E-state index contributed by atoms with van der Waals surface area (Å²) in [5.41, 5.74) is 0.215. The number of alkyl halides is 3. The number of ether oxygens (including phenoxy) is 2. The topological polar surface area (TPSA) is 50.8 Å². The summed E-state index contributed by atoms with van der Waals surface area (Å²) < 4.78 is 48.7. The lowest BCUT2D eigenvalue weighted by Gasteiger charge is -2.19. The maximum absolute atomic E-state index is 12.7. The maximum Gasteiger partial charge on any atom is 0.416 e. The van der Waals surface area contributed by atoms with Crippen LogP contribution in [0.5, 0.6) is 11.5 Å². The summed E-state index contributed by atoms with van der Waals surface area (Å²) in [5, 5.41) is 2.47. The fraction of sp³-hybridized carbons (Fsp3) is 0.316. The van der Waals surface area contributed by atoms with E-state index < -0.39 is 17.8 Å². The first kappa shape index (κ1) is 20.4. The fourth-order valence-corrected chi connectivity index (χ4v) is 2.43. The zero-order valence-corrected chi connectivity index (χ0v) is 15.3. The van der Waals surface area contributed by atoms with Gasteiger partial charge in [-0.15, -0.1) is 0 Å². The molecule has 0 heterocycles. The van der Waals surface area contributed by atoms with Gasteiger partial charge in [0.1, 0.15) is 0 Å². The Kier molecular flexibility index (Phi) is 6.55. The number of carbonyl (C=O) groups excluding carboxylic acids is 1. The summed E-state index contributed by atoms with van der Waals surface area (Å²) in [4.78, 5) is 13.6. The lowest BCUT2D eigenvalue weighted by molar-refractivity contribution is -0.137. The number of benzene rings is 2. The Morgan fingerprint density at radius 2 is 1.78 bits per heavy atom. The minimum absolute atomic E-state index is 0.0905. The highest BCUT2D eigenvalue weighted by Gasteiger charge is 2.30. The van der Waals surface area contributed by atoms with E-state index in [-0.39, 0.29) is 5.69 Å². The smallest absolute Gasteiger partial charge is 0.416 e. The van der Waals surface area contributed by atoms with Gasteiger partial charge in [-0.05, 0) is 42.3 Å². The molecule has 0 spiro atoms. The van der Waals surface area contributed by atoms with Crippen LogP contribution in [-0.4, -0.2) is 38.7 Å². The zero-order chi connectivity index (χ0) is 20.0. The highest BCUT2D eigenvalue weighted by Crippen LogP contribution is 2.31. The molecule has 2 rings (SSSR count). The summed E-state index contributed by atoms with van der Waals surface area (Å²) in [6.45, 7) is 0.375. The Balaban J connectivity index is 1.96. The van der Waals surface area contributed by atoms with Crippen LogP contribution >= 0.6 is 0 Å². The largest absolute Gasteiger partial charge is 0.493 e. The van der Waals surface area contributed by atoms with Crippen LogP contribution in [0.1, 0.15) is 11.1 Å². The molecule has 0 unspecified atom stereocenters. The normalized spacial score (nSPS) is 11.0. The molecule has 0 saturated carbocycles. The Labute approximate surface area is 155 Å². The fourth-order valence-electron chi connectivity index (χ4n) is 2.43. The molecule has 146 valence electrons. The molecule has 0 saturated heterocycles. The van der Waals surface area contributed by atoms with Gasteiger partial charge < -0.3 is 19.7 Å². The molecule has 0 radical (unpaired) electrons. The van der Waals surface area contributed by atoms with Gasteiger partial charge in [0.2, 0.25) is 0 Å². The number of rotatable bonds is 6. The van der Waals surface area contributed by atoms with Gasteiger partial charge in [-0.1, -0.05) is 12.1 Å². The van der Waals surface area contributed by atoms with Crippen molar-refractivity contribution in [3.05, 3.63) is 53.6 Å². The summed E-state index contributed by atoms with van der Waals surface area (Å²) in [5.74, 6) is 1.20. The molecule has 8 heteroatoms. The number of anilines is 1. The van der Waals surface area contributed by atoms with E-state index in [1.165, 1.54) is 24.1 Å². The molecule has 1 N–H and O–H groups in total. The highest BCUT2D eigenvalue weighted by molar-refractivity contribution is 5.89. The average molecular weight is 382 g/mol. The van der Waals surface area contributed by atoms with Gasteiger partial charge in [-0.3, -0.25) is 0 Å². The molecule has 0 aliphatic heterocycles. The maximum atomic E-state index is 12.7. The summed E-state index contributed by atoms with van der Waals surface area (Å²) in [6, 6.07) is 9.48. The van der Waals surface area contributed by atoms with Gasteiger partial charge in [0.25, 0.3) is 0 Å². The standard InChI is InChI=1S/C19H21F3N2O3/c1-24(10-9-13-7-8-16(26-2)17(11-13)27-3)18(25)23-15-6-4-5-14(12-15)19(20,21)22/h4-8,11-12H,9-10H2,1-3H3,(H,23,25). The number of halogens is 3. The lowest BCUT2D eigenvalue weighted by atomic mass is 10.1. The van der Waals surface area contributed by atoms with Crippen molar-refractivity contribution in [2.75, 3.05) is 33.1 Å². The van der Waals surface area contributed by atoms with Crippen LogP contribution in [0.4, 0.5) is 23.7 Å². The highest BCUT2D eigenvalue weighted by atomic mass is 19.4. The first-order valence-electron chi connectivity index (χ1n) is 8.15. The van der Waals surface area contributed by atoms with Gasteiger partial charge in [0.15, 0.2) is 11.5 Å². The Hall–Kier alpha value is -2.90. The molecule has 0 bridgehead atoms. The number of amides is 2. The second-order valence-electron chi connectivity index (χ2n) is 5.87. The first-order valence-corrected chi connectivity index (χ1v) is 8.15. The molecule has 5 nitrogen and oxygen atoms in total.